The zero-order valence-electron chi connectivity index (χ0n) is 10.6. The van der Waals surface area contributed by atoms with Crippen molar-refractivity contribution in [1.82, 2.24) is 5.32 Å². The number of hydrogen-bond donors (Lipinski definition) is 1. The first-order chi connectivity index (χ1) is 8.15. The summed E-state index contributed by atoms with van der Waals surface area (Å²) in [5.74, 6) is 2.35. The lowest BCUT2D eigenvalue weighted by Crippen LogP contribution is -2.27. The average molecular weight is 234 g/mol. The molecule has 0 radical (unpaired) electrons. The SMILES string of the molecule is C#CCN(CC)c1c(F)cccc1C(C)NC. The van der Waals surface area contributed by atoms with Crippen molar-refractivity contribution in [2.24, 2.45) is 0 Å². The van der Waals surface area contributed by atoms with Gasteiger partial charge in [0.15, 0.2) is 0 Å². The van der Waals surface area contributed by atoms with Gasteiger partial charge in [-0.25, -0.2) is 4.39 Å². The number of para-hydroxylation sites is 1. The largest absolute Gasteiger partial charge is 0.358 e. The van der Waals surface area contributed by atoms with Crippen LogP contribution in [0.2, 0.25) is 0 Å². The number of benzene rings is 1. The van der Waals surface area contributed by atoms with Crippen molar-refractivity contribution in [3.8, 4) is 12.3 Å². The van der Waals surface area contributed by atoms with Gasteiger partial charge in [-0.1, -0.05) is 18.1 Å². The topological polar surface area (TPSA) is 15.3 Å². The number of anilines is 1. The lowest BCUT2D eigenvalue weighted by Gasteiger charge is -2.26. The lowest BCUT2D eigenvalue weighted by atomic mass is 10.0. The van der Waals surface area contributed by atoms with E-state index in [0.717, 1.165) is 5.56 Å². The predicted molar refractivity (Wildman–Crippen MR) is 70.6 cm³/mol. The van der Waals surface area contributed by atoms with Gasteiger partial charge in [-0.05, 0) is 32.5 Å². The summed E-state index contributed by atoms with van der Waals surface area (Å²) < 4.78 is 14.0. The molecule has 0 fully saturated rings. The summed E-state index contributed by atoms with van der Waals surface area (Å²) in [4.78, 5) is 1.87. The molecule has 17 heavy (non-hydrogen) atoms. The van der Waals surface area contributed by atoms with Crippen LogP contribution in [0.15, 0.2) is 18.2 Å². The molecule has 0 spiro atoms. The van der Waals surface area contributed by atoms with Gasteiger partial charge >= 0.3 is 0 Å². The minimum atomic E-state index is -0.221. The Morgan fingerprint density at radius 1 is 1.53 bits per heavy atom. The minimum Gasteiger partial charge on any atom is -0.358 e. The average Bonchev–Trinajstić information content (AvgIpc) is 2.35. The highest BCUT2D eigenvalue weighted by molar-refractivity contribution is 5.56. The van der Waals surface area contributed by atoms with Crippen molar-refractivity contribution in [1.29, 1.82) is 0 Å². The summed E-state index contributed by atoms with van der Waals surface area (Å²) in [6.07, 6.45) is 5.32. The standard InChI is InChI=1S/C14H19FN2/c1-5-10-17(6-2)14-12(11(3)16-4)8-7-9-13(14)15/h1,7-9,11,16H,6,10H2,2-4H3. The molecule has 1 aromatic rings. The fraction of sp³-hybridized carbons (Fsp3) is 0.429. The maximum absolute atomic E-state index is 14.0. The summed E-state index contributed by atoms with van der Waals surface area (Å²) in [7, 11) is 1.86. The molecule has 0 aromatic heterocycles. The van der Waals surface area contributed by atoms with E-state index in [1.54, 1.807) is 6.07 Å². The van der Waals surface area contributed by atoms with E-state index in [0.29, 0.717) is 18.8 Å². The monoisotopic (exact) mass is 234 g/mol. The highest BCUT2D eigenvalue weighted by Crippen LogP contribution is 2.28. The molecule has 0 aliphatic heterocycles. The van der Waals surface area contributed by atoms with Crippen molar-refractivity contribution >= 4 is 5.69 Å². The predicted octanol–water partition coefficient (Wildman–Crippen LogP) is 2.57. The first-order valence-corrected chi connectivity index (χ1v) is 5.79. The maximum atomic E-state index is 14.0. The van der Waals surface area contributed by atoms with E-state index in [9.17, 15) is 4.39 Å². The van der Waals surface area contributed by atoms with Gasteiger partial charge in [-0.2, -0.15) is 0 Å². The molecule has 1 rings (SSSR count). The van der Waals surface area contributed by atoms with Crippen LogP contribution in [0.4, 0.5) is 10.1 Å². The Morgan fingerprint density at radius 3 is 2.76 bits per heavy atom. The molecular formula is C14H19FN2. The van der Waals surface area contributed by atoms with Crippen molar-refractivity contribution in [2.75, 3.05) is 25.0 Å². The van der Waals surface area contributed by atoms with Crippen LogP contribution in [0.1, 0.15) is 25.5 Å². The Bertz CT molecular complexity index is 409. The highest BCUT2D eigenvalue weighted by atomic mass is 19.1. The molecule has 92 valence electrons. The van der Waals surface area contributed by atoms with E-state index in [1.807, 2.05) is 31.9 Å². The zero-order chi connectivity index (χ0) is 12.8. The third kappa shape index (κ3) is 2.98. The third-order valence-electron chi connectivity index (χ3n) is 2.90. The van der Waals surface area contributed by atoms with Crippen molar-refractivity contribution in [3.05, 3.63) is 29.6 Å². The van der Waals surface area contributed by atoms with E-state index >= 15 is 0 Å². The minimum absolute atomic E-state index is 0.0903. The molecular weight excluding hydrogens is 215 g/mol. The second kappa shape index (κ2) is 6.27. The molecule has 0 saturated carbocycles. The fourth-order valence-electron chi connectivity index (χ4n) is 1.83. The smallest absolute Gasteiger partial charge is 0.146 e. The van der Waals surface area contributed by atoms with E-state index in [4.69, 9.17) is 6.42 Å². The summed E-state index contributed by atoms with van der Waals surface area (Å²) in [6, 6.07) is 5.22. The van der Waals surface area contributed by atoms with E-state index in [2.05, 4.69) is 11.2 Å². The first kappa shape index (κ1) is 13.5. The number of nitrogens with zero attached hydrogens (tertiary/aromatic N) is 1. The molecule has 1 unspecified atom stereocenters. The quantitative estimate of drug-likeness (QED) is 0.788. The van der Waals surface area contributed by atoms with Crippen molar-refractivity contribution in [2.45, 2.75) is 19.9 Å². The lowest BCUT2D eigenvalue weighted by molar-refractivity contribution is 0.602. The Balaban J connectivity index is 3.23. The molecule has 1 aromatic carbocycles. The molecule has 3 heteroatoms. The van der Waals surface area contributed by atoms with Crippen LogP contribution >= 0.6 is 0 Å². The number of hydrogen-bond acceptors (Lipinski definition) is 2. The van der Waals surface area contributed by atoms with Crippen molar-refractivity contribution < 1.29 is 4.39 Å². The highest BCUT2D eigenvalue weighted by Gasteiger charge is 2.17. The van der Waals surface area contributed by atoms with E-state index < -0.39 is 0 Å². The molecule has 0 aliphatic carbocycles. The summed E-state index contributed by atoms with van der Waals surface area (Å²) in [5, 5.41) is 3.12. The van der Waals surface area contributed by atoms with E-state index in [-0.39, 0.29) is 11.9 Å². The summed E-state index contributed by atoms with van der Waals surface area (Å²) in [6.45, 7) is 5.08. The second-order valence-electron chi connectivity index (χ2n) is 3.91. The number of nitrogens with one attached hydrogen (secondary N) is 1. The summed E-state index contributed by atoms with van der Waals surface area (Å²) >= 11 is 0. The summed E-state index contributed by atoms with van der Waals surface area (Å²) in [5.41, 5.74) is 1.54. The van der Waals surface area contributed by atoms with Crippen LogP contribution < -0.4 is 10.2 Å². The van der Waals surface area contributed by atoms with Crippen LogP contribution in [0.5, 0.6) is 0 Å². The molecule has 0 bridgehead atoms. The normalized spacial score (nSPS) is 11.9. The number of halogens is 1. The van der Waals surface area contributed by atoms with Gasteiger partial charge in [0.05, 0.1) is 12.2 Å². The van der Waals surface area contributed by atoms with Crippen LogP contribution in [-0.4, -0.2) is 20.1 Å². The van der Waals surface area contributed by atoms with Crippen molar-refractivity contribution in [3.63, 3.8) is 0 Å². The van der Waals surface area contributed by atoms with Crippen LogP contribution in [0.3, 0.4) is 0 Å². The molecule has 0 amide bonds. The van der Waals surface area contributed by atoms with E-state index in [1.165, 1.54) is 6.07 Å². The Hall–Kier alpha value is -1.53. The molecule has 1 atom stereocenters. The van der Waals surface area contributed by atoms with Gasteiger partial charge in [0.2, 0.25) is 0 Å². The Kier molecular flexibility index (Phi) is 4.99. The Labute approximate surface area is 103 Å². The first-order valence-electron chi connectivity index (χ1n) is 5.79. The van der Waals surface area contributed by atoms with Gasteiger partial charge in [-0.3, -0.25) is 0 Å². The maximum Gasteiger partial charge on any atom is 0.146 e. The number of terminal acetylenes is 1. The van der Waals surface area contributed by atoms with Crippen LogP contribution in [0, 0.1) is 18.2 Å². The van der Waals surface area contributed by atoms with Gasteiger partial charge in [0, 0.05) is 12.6 Å². The molecule has 0 saturated heterocycles. The van der Waals surface area contributed by atoms with Crippen LogP contribution in [-0.2, 0) is 0 Å². The molecule has 0 heterocycles. The zero-order valence-corrected chi connectivity index (χ0v) is 10.6. The second-order valence-corrected chi connectivity index (χ2v) is 3.91. The van der Waals surface area contributed by atoms with Gasteiger partial charge in [0.25, 0.3) is 0 Å². The third-order valence-corrected chi connectivity index (χ3v) is 2.90. The van der Waals surface area contributed by atoms with Gasteiger partial charge < -0.3 is 10.2 Å². The number of rotatable bonds is 5. The van der Waals surface area contributed by atoms with Crippen LogP contribution in [0.25, 0.3) is 0 Å². The molecule has 1 N–H and O–H groups in total. The fourth-order valence-corrected chi connectivity index (χ4v) is 1.83. The molecule has 2 nitrogen and oxygen atoms in total. The van der Waals surface area contributed by atoms with Gasteiger partial charge in [-0.15, -0.1) is 6.42 Å². The molecule has 0 aliphatic rings. The Morgan fingerprint density at radius 2 is 2.24 bits per heavy atom. The van der Waals surface area contributed by atoms with Gasteiger partial charge in [0.1, 0.15) is 5.82 Å².